The van der Waals surface area contributed by atoms with E-state index in [1.165, 1.54) is 12.1 Å². The summed E-state index contributed by atoms with van der Waals surface area (Å²) in [5.74, 6) is 0. The van der Waals surface area contributed by atoms with Crippen molar-refractivity contribution >= 4 is 11.6 Å². The highest BCUT2D eigenvalue weighted by Gasteiger charge is 2.44. The van der Waals surface area contributed by atoms with Crippen molar-refractivity contribution in [2.75, 3.05) is 6.61 Å². The molecule has 8 heteroatoms. The van der Waals surface area contributed by atoms with Crippen LogP contribution in [-0.2, 0) is 4.74 Å². The third-order valence-electron chi connectivity index (χ3n) is 2.55. The molecule has 1 aromatic heterocycles. The van der Waals surface area contributed by atoms with Gasteiger partial charge in [0.1, 0.15) is 23.5 Å². The molecule has 1 aromatic rings. The molecule has 0 aliphatic carbocycles. The van der Waals surface area contributed by atoms with Crippen LogP contribution in [-0.4, -0.2) is 50.0 Å². The van der Waals surface area contributed by atoms with Crippen LogP contribution >= 0.6 is 11.6 Å². The van der Waals surface area contributed by atoms with Gasteiger partial charge in [-0.1, -0.05) is 11.6 Å². The summed E-state index contributed by atoms with van der Waals surface area (Å²) in [4.78, 5) is 11.5. The second kappa shape index (κ2) is 4.71. The van der Waals surface area contributed by atoms with E-state index in [9.17, 15) is 15.0 Å². The molecule has 0 bridgehead atoms. The first-order valence-electron chi connectivity index (χ1n) is 4.92. The highest BCUT2D eigenvalue weighted by Crippen LogP contribution is 2.27. The smallest absolute Gasteiger partial charge is 0.269 e. The SMILES string of the molecule is O=c1ccc(Cl)nn1[C@@H]1O[C@H](CO)[C@@H](O)[C@H]1O. The van der Waals surface area contributed by atoms with E-state index in [0.29, 0.717) is 0 Å². The summed E-state index contributed by atoms with van der Waals surface area (Å²) < 4.78 is 5.99. The maximum absolute atomic E-state index is 11.5. The molecule has 1 aliphatic rings. The summed E-state index contributed by atoms with van der Waals surface area (Å²) in [6.45, 7) is -0.468. The van der Waals surface area contributed by atoms with Gasteiger partial charge in [-0.15, -0.1) is 0 Å². The number of halogens is 1. The van der Waals surface area contributed by atoms with Gasteiger partial charge in [-0.25, -0.2) is 0 Å². The Bertz CT molecular complexity index is 465. The highest BCUT2D eigenvalue weighted by atomic mass is 35.5. The summed E-state index contributed by atoms with van der Waals surface area (Å²) in [5, 5.41) is 31.9. The van der Waals surface area contributed by atoms with Gasteiger partial charge in [0.15, 0.2) is 6.23 Å². The van der Waals surface area contributed by atoms with Crippen LogP contribution in [0.2, 0.25) is 5.15 Å². The minimum atomic E-state index is -1.35. The molecule has 0 spiro atoms. The topological polar surface area (TPSA) is 105 Å². The van der Waals surface area contributed by atoms with Gasteiger partial charge >= 0.3 is 0 Å². The molecule has 0 radical (unpaired) electrons. The minimum Gasteiger partial charge on any atom is -0.394 e. The molecule has 17 heavy (non-hydrogen) atoms. The van der Waals surface area contributed by atoms with Gasteiger partial charge in [0.25, 0.3) is 5.56 Å². The number of rotatable bonds is 2. The largest absolute Gasteiger partial charge is 0.394 e. The van der Waals surface area contributed by atoms with Crippen molar-refractivity contribution in [2.24, 2.45) is 0 Å². The van der Waals surface area contributed by atoms with E-state index in [1.54, 1.807) is 0 Å². The van der Waals surface area contributed by atoms with E-state index in [0.717, 1.165) is 4.68 Å². The minimum absolute atomic E-state index is 0.0577. The van der Waals surface area contributed by atoms with Crippen molar-refractivity contribution in [3.8, 4) is 0 Å². The average Bonchev–Trinajstić information content (AvgIpc) is 2.59. The summed E-state index contributed by atoms with van der Waals surface area (Å²) in [7, 11) is 0. The second-order valence-corrected chi connectivity index (χ2v) is 4.05. The van der Waals surface area contributed by atoms with Crippen LogP contribution in [0.3, 0.4) is 0 Å². The maximum Gasteiger partial charge on any atom is 0.269 e. The van der Waals surface area contributed by atoms with Crippen molar-refractivity contribution in [1.29, 1.82) is 0 Å². The fourth-order valence-corrected chi connectivity index (χ4v) is 1.81. The summed E-state index contributed by atoms with van der Waals surface area (Å²) in [6.07, 6.45) is -4.75. The van der Waals surface area contributed by atoms with E-state index in [4.69, 9.17) is 21.4 Å². The van der Waals surface area contributed by atoms with Gasteiger partial charge in [0.2, 0.25) is 0 Å². The summed E-state index contributed by atoms with van der Waals surface area (Å²) in [6, 6.07) is 2.48. The lowest BCUT2D eigenvalue weighted by Gasteiger charge is -2.15. The Morgan fingerprint density at radius 1 is 1.41 bits per heavy atom. The van der Waals surface area contributed by atoms with E-state index in [1.807, 2.05) is 0 Å². The molecule has 0 amide bonds. The number of nitrogens with zero attached hydrogens (tertiary/aromatic N) is 2. The van der Waals surface area contributed by atoms with Gasteiger partial charge in [-0.3, -0.25) is 4.79 Å². The molecule has 3 N–H and O–H groups in total. The van der Waals surface area contributed by atoms with Gasteiger partial charge in [-0.05, 0) is 6.07 Å². The second-order valence-electron chi connectivity index (χ2n) is 3.67. The molecule has 1 saturated heterocycles. The lowest BCUT2D eigenvalue weighted by Crippen LogP contribution is -2.36. The van der Waals surface area contributed by atoms with Crippen molar-refractivity contribution in [3.05, 3.63) is 27.6 Å². The molecule has 1 aliphatic heterocycles. The molecule has 1 fully saturated rings. The zero-order valence-electron chi connectivity index (χ0n) is 8.60. The Morgan fingerprint density at radius 2 is 2.12 bits per heavy atom. The lowest BCUT2D eigenvalue weighted by molar-refractivity contribution is -0.0609. The van der Waals surface area contributed by atoms with Crippen LogP contribution in [0.15, 0.2) is 16.9 Å². The predicted octanol–water partition coefficient (Wildman–Crippen LogP) is -1.49. The van der Waals surface area contributed by atoms with Gasteiger partial charge in [-0.2, -0.15) is 9.78 Å². The number of aliphatic hydroxyl groups excluding tert-OH is 3. The van der Waals surface area contributed by atoms with Crippen LogP contribution in [0.25, 0.3) is 0 Å². The number of aliphatic hydroxyl groups is 3. The van der Waals surface area contributed by atoms with Crippen LogP contribution in [0.1, 0.15) is 6.23 Å². The third kappa shape index (κ3) is 2.20. The van der Waals surface area contributed by atoms with E-state index < -0.39 is 36.7 Å². The molecule has 2 rings (SSSR count). The quantitative estimate of drug-likeness (QED) is 0.600. The van der Waals surface area contributed by atoms with E-state index >= 15 is 0 Å². The Balaban J connectivity index is 2.35. The van der Waals surface area contributed by atoms with E-state index in [2.05, 4.69) is 5.10 Å². The Morgan fingerprint density at radius 3 is 2.71 bits per heavy atom. The monoisotopic (exact) mass is 262 g/mol. The maximum atomic E-state index is 11.5. The standard InChI is InChI=1S/C9H11ClN2O5/c10-5-1-2-6(14)12(11-5)9-8(16)7(15)4(3-13)17-9/h1-2,4,7-9,13,15-16H,3H2/t4-,7-,8-,9-/m1/s1. The number of hydrogen-bond donors (Lipinski definition) is 3. The van der Waals surface area contributed by atoms with Crippen LogP contribution in [0.5, 0.6) is 0 Å². The number of hydrogen-bond acceptors (Lipinski definition) is 6. The van der Waals surface area contributed by atoms with Crippen LogP contribution < -0.4 is 5.56 Å². The average molecular weight is 263 g/mol. The Kier molecular flexibility index (Phi) is 3.45. The van der Waals surface area contributed by atoms with E-state index in [-0.39, 0.29) is 5.15 Å². The molecular formula is C9H11ClN2O5. The van der Waals surface area contributed by atoms with Crippen molar-refractivity contribution in [2.45, 2.75) is 24.5 Å². The summed E-state index contributed by atoms with van der Waals surface area (Å²) >= 11 is 5.63. The highest BCUT2D eigenvalue weighted by molar-refractivity contribution is 6.29. The van der Waals surface area contributed by atoms with Crippen molar-refractivity contribution in [3.63, 3.8) is 0 Å². The zero-order chi connectivity index (χ0) is 12.6. The first-order valence-corrected chi connectivity index (χ1v) is 5.30. The molecule has 4 atom stereocenters. The molecule has 7 nitrogen and oxygen atoms in total. The normalized spacial score (nSPS) is 32.9. The molecular weight excluding hydrogens is 252 g/mol. The van der Waals surface area contributed by atoms with Crippen molar-refractivity contribution < 1.29 is 20.1 Å². The van der Waals surface area contributed by atoms with Gasteiger partial charge in [0.05, 0.1) is 6.61 Å². The Hall–Kier alpha value is -0.990. The summed E-state index contributed by atoms with van der Waals surface area (Å²) in [5.41, 5.74) is -0.524. The molecule has 0 aromatic carbocycles. The van der Waals surface area contributed by atoms with Crippen LogP contribution in [0, 0.1) is 0 Å². The number of ether oxygens (including phenoxy) is 1. The fraction of sp³-hybridized carbons (Fsp3) is 0.556. The Labute approximate surface area is 101 Å². The first kappa shape index (κ1) is 12.5. The van der Waals surface area contributed by atoms with Gasteiger partial charge in [0, 0.05) is 6.07 Å². The number of aromatic nitrogens is 2. The predicted molar refractivity (Wildman–Crippen MR) is 56.5 cm³/mol. The third-order valence-corrected chi connectivity index (χ3v) is 2.75. The zero-order valence-corrected chi connectivity index (χ0v) is 9.36. The fourth-order valence-electron chi connectivity index (χ4n) is 1.67. The van der Waals surface area contributed by atoms with Gasteiger partial charge < -0.3 is 20.1 Å². The van der Waals surface area contributed by atoms with Crippen LogP contribution in [0.4, 0.5) is 0 Å². The molecule has 0 unspecified atom stereocenters. The van der Waals surface area contributed by atoms with Crippen molar-refractivity contribution in [1.82, 2.24) is 9.78 Å². The molecule has 94 valence electrons. The first-order chi connectivity index (χ1) is 8.04. The molecule has 2 heterocycles. The molecule has 0 saturated carbocycles. The lowest BCUT2D eigenvalue weighted by atomic mass is 10.1.